The highest BCUT2D eigenvalue weighted by Crippen LogP contribution is 2.20. The van der Waals surface area contributed by atoms with Gasteiger partial charge in [-0.2, -0.15) is 0 Å². The van der Waals surface area contributed by atoms with Gasteiger partial charge in [0.25, 0.3) is 0 Å². The molecule has 70 valence electrons. The molecular weight excluding hydrogens is 184 g/mol. The van der Waals surface area contributed by atoms with Crippen LogP contribution in [0.2, 0.25) is 0 Å². The Kier molecular flexibility index (Phi) is 1.78. The van der Waals surface area contributed by atoms with E-state index in [2.05, 4.69) is 23.2 Å². The third kappa shape index (κ3) is 1.31. The summed E-state index contributed by atoms with van der Waals surface area (Å²) in [6, 6.07) is 16.2. The van der Waals surface area contributed by atoms with Gasteiger partial charge in [-0.1, -0.05) is 24.3 Å². The van der Waals surface area contributed by atoms with Crippen molar-refractivity contribution in [2.45, 2.75) is 0 Å². The lowest BCUT2D eigenvalue weighted by atomic mass is 10.1. The molecule has 0 atom stereocenters. The molecule has 0 aliphatic heterocycles. The van der Waals surface area contributed by atoms with Gasteiger partial charge in [-0.3, -0.25) is 0 Å². The van der Waals surface area contributed by atoms with Gasteiger partial charge in [-0.05, 0) is 23.6 Å². The highest BCUT2D eigenvalue weighted by atomic mass is 15.0. The Hall–Kier alpha value is -2.09. The normalized spacial score (nSPS) is 10.7. The topological polar surface area (TPSA) is 17.8 Å². The van der Waals surface area contributed by atoms with E-state index < -0.39 is 0 Å². The predicted molar refractivity (Wildman–Crippen MR) is 58.7 cm³/mol. The maximum atomic E-state index is 4.04. The maximum Gasteiger partial charge on any atom is 0.0991 e. The number of hydrogen-bond donors (Lipinski definition) is 0. The monoisotopic (exact) mass is 192 g/mol. The standard InChI is InChI=1S/C13H8N2/c1-2-6-12-11(4-1)5-3-7-13(12)15-9-8-14-10-15/h1-2,4,6-10H. The summed E-state index contributed by atoms with van der Waals surface area (Å²) >= 11 is 0. The fourth-order valence-corrected chi connectivity index (χ4v) is 1.69. The summed E-state index contributed by atoms with van der Waals surface area (Å²) in [5.74, 6) is 0. The number of fused-ring (bicyclic) bond motifs is 1. The van der Waals surface area contributed by atoms with Crippen molar-refractivity contribution in [3.8, 4) is 5.69 Å². The van der Waals surface area contributed by atoms with Gasteiger partial charge in [0.15, 0.2) is 0 Å². The van der Waals surface area contributed by atoms with Crippen molar-refractivity contribution in [2.24, 2.45) is 0 Å². The Morgan fingerprint density at radius 1 is 1.20 bits per heavy atom. The highest BCUT2D eigenvalue weighted by molar-refractivity contribution is 5.89. The van der Waals surface area contributed by atoms with Crippen LogP contribution in [-0.4, -0.2) is 9.55 Å². The smallest absolute Gasteiger partial charge is 0.0991 e. The highest BCUT2D eigenvalue weighted by Gasteiger charge is 2.01. The minimum Gasteiger partial charge on any atom is -0.306 e. The zero-order chi connectivity index (χ0) is 10.1. The van der Waals surface area contributed by atoms with Crippen molar-refractivity contribution >= 4 is 10.8 Å². The first-order chi connectivity index (χ1) is 7.45. The van der Waals surface area contributed by atoms with Gasteiger partial charge in [-0.15, -0.1) is 0 Å². The van der Waals surface area contributed by atoms with Crippen LogP contribution in [0, 0.1) is 12.1 Å². The van der Waals surface area contributed by atoms with Crippen LogP contribution in [-0.2, 0) is 0 Å². The van der Waals surface area contributed by atoms with Gasteiger partial charge in [-0.25, -0.2) is 4.98 Å². The Morgan fingerprint density at radius 2 is 2.13 bits per heavy atom. The predicted octanol–water partition coefficient (Wildman–Crippen LogP) is 2.63. The van der Waals surface area contributed by atoms with Crippen LogP contribution in [0.15, 0.2) is 49.1 Å². The lowest BCUT2D eigenvalue weighted by Crippen LogP contribution is -1.91. The molecule has 0 aliphatic carbocycles. The minimum atomic E-state index is 1.07. The third-order valence-corrected chi connectivity index (χ3v) is 2.40. The molecule has 0 aliphatic rings. The van der Waals surface area contributed by atoms with Crippen molar-refractivity contribution in [2.75, 3.05) is 0 Å². The molecule has 3 aromatic rings. The quantitative estimate of drug-likeness (QED) is 0.579. The Bertz CT molecular complexity index is 577. The third-order valence-electron chi connectivity index (χ3n) is 2.40. The van der Waals surface area contributed by atoms with Gasteiger partial charge in [0.05, 0.1) is 12.0 Å². The van der Waals surface area contributed by atoms with Crippen molar-refractivity contribution in [3.05, 3.63) is 61.2 Å². The molecule has 3 rings (SSSR count). The van der Waals surface area contributed by atoms with Crippen molar-refractivity contribution in [1.82, 2.24) is 9.55 Å². The zero-order valence-electron chi connectivity index (χ0n) is 8.01. The average molecular weight is 192 g/mol. The van der Waals surface area contributed by atoms with Crippen LogP contribution in [0.25, 0.3) is 16.5 Å². The van der Waals surface area contributed by atoms with Crippen LogP contribution in [0.5, 0.6) is 0 Å². The van der Waals surface area contributed by atoms with E-state index in [0.717, 1.165) is 16.5 Å². The second kappa shape index (κ2) is 3.24. The van der Waals surface area contributed by atoms with E-state index in [1.165, 1.54) is 0 Å². The molecule has 2 nitrogen and oxygen atoms in total. The molecule has 2 heteroatoms. The largest absolute Gasteiger partial charge is 0.306 e. The van der Waals surface area contributed by atoms with Gasteiger partial charge < -0.3 is 4.57 Å². The molecular formula is C13H8N2. The number of nitrogens with zero attached hydrogens (tertiary/aromatic N) is 2. The molecule has 0 unspecified atom stereocenters. The lowest BCUT2D eigenvalue weighted by Gasteiger charge is -2.05. The van der Waals surface area contributed by atoms with Crippen LogP contribution >= 0.6 is 0 Å². The van der Waals surface area contributed by atoms with Crippen LogP contribution in [0.4, 0.5) is 0 Å². The average Bonchev–Trinajstić information content (AvgIpc) is 2.82. The summed E-state index contributed by atoms with van der Waals surface area (Å²) in [5, 5.41) is 2.23. The summed E-state index contributed by atoms with van der Waals surface area (Å²) in [7, 11) is 0. The molecule has 0 saturated heterocycles. The van der Waals surface area contributed by atoms with Gasteiger partial charge in [0.1, 0.15) is 0 Å². The SMILES string of the molecule is [c]1[c]c2ccccc2c(-n2ccnc2)c1. The number of rotatable bonds is 1. The van der Waals surface area contributed by atoms with Crippen LogP contribution in [0.3, 0.4) is 0 Å². The molecule has 0 amide bonds. The molecule has 1 aromatic heterocycles. The molecule has 1 heterocycles. The second-order valence-electron chi connectivity index (χ2n) is 3.31. The molecule has 0 fully saturated rings. The first-order valence-corrected chi connectivity index (χ1v) is 4.74. The summed E-state index contributed by atoms with van der Waals surface area (Å²) < 4.78 is 1.98. The molecule has 0 bridgehead atoms. The molecule has 15 heavy (non-hydrogen) atoms. The number of imidazole rings is 1. The Morgan fingerprint density at radius 3 is 3.00 bits per heavy atom. The van der Waals surface area contributed by atoms with Crippen molar-refractivity contribution < 1.29 is 0 Å². The van der Waals surface area contributed by atoms with Crippen molar-refractivity contribution in [1.29, 1.82) is 0 Å². The number of benzene rings is 2. The lowest BCUT2D eigenvalue weighted by molar-refractivity contribution is 1.07. The molecule has 0 spiro atoms. The number of aromatic nitrogens is 2. The summed E-state index contributed by atoms with van der Waals surface area (Å²) in [6.45, 7) is 0. The first-order valence-electron chi connectivity index (χ1n) is 4.74. The summed E-state index contributed by atoms with van der Waals surface area (Å²) in [6.07, 6.45) is 5.48. The minimum absolute atomic E-state index is 1.07. The summed E-state index contributed by atoms with van der Waals surface area (Å²) in [5.41, 5.74) is 1.09. The summed E-state index contributed by atoms with van der Waals surface area (Å²) in [4.78, 5) is 4.04. The Labute approximate surface area is 87.8 Å². The molecule has 2 radical (unpaired) electrons. The Balaban J connectivity index is 2.36. The van der Waals surface area contributed by atoms with E-state index in [1.807, 2.05) is 35.0 Å². The van der Waals surface area contributed by atoms with Gasteiger partial charge in [0.2, 0.25) is 0 Å². The fourth-order valence-electron chi connectivity index (χ4n) is 1.69. The first kappa shape index (κ1) is 8.24. The van der Waals surface area contributed by atoms with E-state index in [0.29, 0.717) is 0 Å². The van der Waals surface area contributed by atoms with Crippen LogP contribution < -0.4 is 0 Å². The molecule has 0 saturated carbocycles. The van der Waals surface area contributed by atoms with E-state index >= 15 is 0 Å². The van der Waals surface area contributed by atoms with Gasteiger partial charge >= 0.3 is 0 Å². The number of hydrogen-bond acceptors (Lipinski definition) is 1. The van der Waals surface area contributed by atoms with E-state index in [4.69, 9.17) is 0 Å². The molecule has 0 N–H and O–H groups in total. The fraction of sp³-hybridized carbons (Fsp3) is 0. The van der Waals surface area contributed by atoms with E-state index in [9.17, 15) is 0 Å². The van der Waals surface area contributed by atoms with Gasteiger partial charge in [0, 0.05) is 17.8 Å². The maximum absolute atomic E-state index is 4.04. The molecule has 2 aromatic carbocycles. The zero-order valence-corrected chi connectivity index (χ0v) is 8.01. The second-order valence-corrected chi connectivity index (χ2v) is 3.31. The van der Waals surface area contributed by atoms with E-state index in [-0.39, 0.29) is 0 Å². The van der Waals surface area contributed by atoms with Crippen molar-refractivity contribution in [3.63, 3.8) is 0 Å². The van der Waals surface area contributed by atoms with E-state index in [1.54, 1.807) is 12.5 Å². The van der Waals surface area contributed by atoms with Crippen LogP contribution in [0.1, 0.15) is 0 Å².